The van der Waals surface area contributed by atoms with Crippen LogP contribution in [0.5, 0.6) is 0 Å². The first kappa shape index (κ1) is 21.9. The predicted octanol–water partition coefficient (Wildman–Crippen LogP) is 1.98. The highest BCUT2D eigenvalue weighted by atomic mass is 32.3. The van der Waals surface area contributed by atoms with Crippen LogP contribution in [0, 0.1) is 0 Å². The van der Waals surface area contributed by atoms with E-state index in [2.05, 4.69) is 15.0 Å². The lowest BCUT2D eigenvalue weighted by molar-refractivity contribution is 0.0496. The summed E-state index contributed by atoms with van der Waals surface area (Å²) in [4.78, 5) is 45.9. The van der Waals surface area contributed by atoms with E-state index in [0.717, 1.165) is 49.9 Å². The highest BCUT2D eigenvalue weighted by molar-refractivity contribution is 7.86. The van der Waals surface area contributed by atoms with Crippen LogP contribution in [0.3, 0.4) is 0 Å². The molecule has 0 unspecified atom stereocenters. The van der Waals surface area contributed by atoms with E-state index in [0.29, 0.717) is 5.82 Å². The second-order valence-corrected chi connectivity index (χ2v) is 9.01. The monoisotopic (exact) mass is 464 g/mol. The van der Waals surface area contributed by atoms with E-state index in [-0.39, 0.29) is 42.2 Å². The highest BCUT2D eigenvalue weighted by Gasteiger charge is 2.22. The highest BCUT2D eigenvalue weighted by Crippen LogP contribution is 2.32. The minimum atomic E-state index is -4.84. The molecule has 0 aliphatic heterocycles. The van der Waals surface area contributed by atoms with Gasteiger partial charge in [0.05, 0.1) is 17.1 Å². The Hall–Kier alpha value is -3.28. The van der Waals surface area contributed by atoms with E-state index >= 15 is 0 Å². The standard InChI is InChI=1S/C20H21FN4O6S/c21-32(29,30)14-8-6-13(7-9-14)19(27)31-11-3-10-25-17-15(18(26)24-20(25)28)22-16(23-17)12-4-1-2-5-12/h6-9,12H,1-5,10-11H2,(H,22,23)(H,24,26,28). The van der Waals surface area contributed by atoms with Crippen molar-refractivity contribution < 1.29 is 21.8 Å². The molecule has 0 spiro atoms. The zero-order valence-corrected chi connectivity index (χ0v) is 17.8. The van der Waals surface area contributed by atoms with E-state index < -0.39 is 32.3 Å². The Morgan fingerprint density at radius 1 is 1.16 bits per heavy atom. The minimum absolute atomic E-state index is 0.0328. The fourth-order valence-electron chi connectivity index (χ4n) is 3.88. The first-order chi connectivity index (χ1) is 15.2. The van der Waals surface area contributed by atoms with Gasteiger partial charge in [-0.1, -0.05) is 12.8 Å². The van der Waals surface area contributed by atoms with Crippen LogP contribution >= 0.6 is 0 Å². The van der Waals surface area contributed by atoms with Gasteiger partial charge < -0.3 is 9.72 Å². The van der Waals surface area contributed by atoms with E-state index in [1.807, 2.05) is 0 Å². The molecule has 1 fully saturated rings. The second kappa shape index (κ2) is 8.69. The Kier molecular flexibility index (Phi) is 5.96. The van der Waals surface area contributed by atoms with Gasteiger partial charge in [0.1, 0.15) is 11.3 Å². The van der Waals surface area contributed by atoms with Crippen molar-refractivity contribution in [3.63, 3.8) is 0 Å². The molecule has 0 bridgehead atoms. The summed E-state index contributed by atoms with van der Waals surface area (Å²) in [6, 6.07) is 4.25. The minimum Gasteiger partial charge on any atom is -0.462 e. The molecule has 12 heteroatoms. The number of esters is 1. The summed E-state index contributed by atoms with van der Waals surface area (Å²) in [6.07, 6.45) is 4.44. The molecule has 1 aliphatic carbocycles. The molecule has 32 heavy (non-hydrogen) atoms. The molecular formula is C20H21FN4O6S. The number of carbonyl (C=O) groups is 1. The van der Waals surface area contributed by atoms with Crippen molar-refractivity contribution >= 4 is 27.4 Å². The number of benzene rings is 1. The molecule has 1 aliphatic rings. The van der Waals surface area contributed by atoms with E-state index in [9.17, 15) is 26.7 Å². The van der Waals surface area contributed by atoms with Crippen LogP contribution in [0.2, 0.25) is 0 Å². The zero-order chi connectivity index (χ0) is 22.9. The van der Waals surface area contributed by atoms with Crippen molar-refractivity contribution in [2.75, 3.05) is 6.61 Å². The average molecular weight is 464 g/mol. The Morgan fingerprint density at radius 3 is 2.50 bits per heavy atom. The molecule has 0 atom stereocenters. The van der Waals surface area contributed by atoms with Crippen LogP contribution in [-0.4, -0.2) is 40.5 Å². The quantitative estimate of drug-likeness (QED) is 0.309. The van der Waals surface area contributed by atoms with Crippen molar-refractivity contribution in [1.29, 1.82) is 0 Å². The summed E-state index contributed by atoms with van der Waals surface area (Å²) in [5, 5.41) is 0. The molecule has 4 rings (SSSR count). The number of fused-ring (bicyclic) bond motifs is 1. The molecular weight excluding hydrogens is 443 g/mol. The molecule has 10 nitrogen and oxygen atoms in total. The van der Waals surface area contributed by atoms with Gasteiger partial charge in [0, 0.05) is 12.5 Å². The number of aromatic nitrogens is 4. The Labute approximate surface area is 181 Å². The van der Waals surface area contributed by atoms with Gasteiger partial charge in [0.25, 0.3) is 5.56 Å². The van der Waals surface area contributed by atoms with Gasteiger partial charge in [-0.2, -0.15) is 8.42 Å². The average Bonchev–Trinajstić information content (AvgIpc) is 3.42. The number of hydrogen-bond acceptors (Lipinski definition) is 7. The molecule has 0 saturated heterocycles. The number of halogens is 1. The largest absolute Gasteiger partial charge is 0.462 e. The Morgan fingerprint density at radius 2 is 1.84 bits per heavy atom. The van der Waals surface area contributed by atoms with Gasteiger partial charge in [0.2, 0.25) is 0 Å². The normalized spacial score (nSPS) is 14.8. The summed E-state index contributed by atoms with van der Waals surface area (Å²) in [5.74, 6) is 0.229. The van der Waals surface area contributed by atoms with Crippen LogP contribution in [-0.2, 0) is 21.5 Å². The molecule has 1 aromatic carbocycles. The van der Waals surface area contributed by atoms with E-state index in [4.69, 9.17) is 4.74 Å². The van der Waals surface area contributed by atoms with Crippen molar-refractivity contribution in [3.8, 4) is 0 Å². The van der Waals surface area contributed by atoms with Crippen molar-refractivity contribution in [2.45, 2.75) is 49.5 Å². The number of aryl methyl sites for hydroxylation is 1. The molecule has 1 saturated carbocycles. The van der Waals surface area contributed by atoms with Crippen molar-refractivity contribution in [3.05, 3.63) is 56.5 Å². The predicted molar refractivity (Wildman–Crippen MR) is 112 cm³/mol. The number of H-pyrrole nitrogens is 2. The number of imidazole rings is 1. The first-order valence-corrected chi connectivity index (χ1v) is 11.6. The van der Waals surface area contributed by atoms with Crippen LogP contribution in [0.4, 0.5) is 3.89 Å². The molecule has 170 valence electrons. The number of aromatic amines is 2. The molecule has 0 radical (unpaired) electrons. The van der Waals surface area contributed by atoms with Crippen LogP contribution in [0.25, 0.3) is 11.2 Å². The second-order valence-electron chi connectivity index (χ2n) is 7.66. The zero-order valence-electron chi connectivity index (χ0n) is 17.0. The van der Waals surface area contributed by atoms with Gasteiger partial charge in [-0.25, -0.2) is 14.6 Å². The van der Waals surface area contributed by atoms with Crippen molar-refractivity contribution in [2.24, 2.45) is 0 Å². The van der Waals surface area contributed by atoms with Gasteiger partial charge >= 0.3 is 21.9 Å². The number of rotatable bonds is 7. The SMILES string of the molecule is O=C(OCCCn1c(=O)[nH]c(=O)c2[nH]c(C3CCCC3)nc21)c1ccc(S(=O)(=O)F)cc1. The van der Waals surface area contributed by atoms with Gasteiger partial charge in [-0.3, -0.25) is 14.3 Å². The van der Waals surface area contributed by atoms with Crippen LogP contribution in [0.15, 0.2) is 38.8 Å². The van der Waals surface area contributed by atoms with Crippen molar-refractivity contribution in [1.82, 2.24) is 19.5 Å². The summed E-state index contributed by atoms with van der Waals surface area (Å²) < 4.78 is 41.1. The molecule has 2 N–H and O–H groups in total. The third-order valence-electron chi connectivity index (χ3n) is 5.52. The summed E-state index contributed by atoms with van der Waals surface area (Å²) in [6.45, 7) is 0.127. The maximum atomic E-state index is 12.9. The van der Waals surface area contributed by atoms with Gasteiger partial charge in [0.15, 0.2) is 5.65 Å². The third-order valence-corrected chi connectivity index (χ3v) is 6.36. The van der Waals surface area contributed by atoms with Crippen LogP contribution in [0.1, 0.15) is 54.2 Å². The molecule has 2 aromatic heterocycles. The number of nitrogens with zero attached hydrogens (tertiary/aromatic N) is 2. The number of carbonyl (C=O) groups excluding carboxylic acids is 1. The lowest BCUT2D eigenvalue weighted by atomic mass is 10.1. The lowest BCUT2D eigenvalue weighted by Gasteiger charge is -2.07. The van der Waals surface area contributed by atoms with Gasteiger partial charge in [-0.15, -0.1) is 3.89 Å². The number of hydrogen-bond donors (Lipinski definition) is 2. The van der Waals surface area contributed by atoms with E-state index in [1.165, 1.54) is 4.57 Å². The maximum absolute atomic E-state index is 12.9. The Bertz CT molecular complexity index is 1370. The maximum Gasteiger partial charge on any atom is 0.338 e. The van der Waals surface area contributed by atoms with Crippen LogP contribution < -0.4 is 11.2 Å². The number of nitrogens with one attached hydrogen (secondary N) is 2. The fourth-order valence-corrected chi connectivity index (χ4v) is 4.34. The lowest BCUT2D eigenvalue weighted by Crippen LogP contribution is -2.30. The number of ether oxygens (including phenoxy) is 1. The van der Waals surface area contributed by atoms with Gasteiger partial charge in [-0.05, 0) is 43.5 Å². The third kappa shape index (κ3) is 4.49. The molecule has 2 heterocycles. The first-order valence-electron chi connectivity index (χ1n) is 10.2. The smallest absolute Gasteiger partial charge is 0.338 e. The summed E-state index contributed by atoms with van der Waals surface area (Å²) in [5.41, 5.74) is -0.541. The Balaban J connectivity index is 1.42. The van der Waals surface area contributed by atoms with E-state index in [1.54, 1.807) is 0 Å². The summed E-state index contributed by atoms with van der Waals surface area (Å²) in [7, 11) is -4.84. The molecule has 0 amide bonds. The summed E-state index contributed by atoms with van der Waals surface area (Å²) >= 11 is 0. The fraction of sp³-hybridized carbons (Fsp3) is 0.400. The topological polar surface area (TPSA) is 144 Å². The molecule has 3 aromatic rings.